The first-order valence-corrected chi connectivity index (χ1v) is 16.2. The summed E-state index contributed by atoms with van der Waals surface area (Å²) in [5, 5.41) is 2.38. The summed E-state index contributed by atoms with van der Waals surface area (Å²) in [5.41, 5.74) is 10.4. The third-order valence-corrected chi connectivity index (χ3v) is 9.40. The number of rotatable bonds is 5. The number of nitrogens with zero attached hydrogens (tertiary/aromatic N) is 5. The molecule has 0 aliphatic carbocycles. The number of hydrogen-bond acceptors (Lipinski definition) is 4. The summed E-state index contributed by atoms with van der Waals surface area (Å²) in [7, 11) is 0. The van der Waals surface area contributed by atoms with Gasteiger partial charge in [-0.3, -0.25) is 4.99 Å². The van der Waals surface area contributed by atoms with E-state index in [1.165, 1.54) is 16.3 Å². The van der Waals surface area contributed by atoms with Gasteiger partial charge in [0, 0.05) is 38.6 Å². The molecule has 228 valence electrons. The lowest BCUT2D eigenvalue weighted by Crippen LogP contribution is -2.26. The highest BCUT2D eigenvalue weighted by Gasteiger charge is 2.36. The van der Waals surface area contributed by atoms with Crippen molar-refractivity contribution >= 4 is 33.2 Å². The van der Waals surface area contributed by atoms with Crippen molar-refractivity contribution < 1.29 is 0 Å². The maximum atomic E-state index is 5.22. The number of hydrogen-bond donors (Lipinski definition) is 0. The molecule has 0 saturated carbocycles. The first-order chi connectivity index (χ1) is 23.5. The molecule has 6 aromatic carbocycles. The van der Waals surface area contributed by atoms with Gasteiger partial charge in [-0.1, -0.05) is 135 Å². The summed E-state index contributed by atoms with van der Waals surface area (Å²) in [6.07, 6.45) is 0. The smallest absolute Gasteiger partial charge is 0.164 e. The Labute approximate surface area is 279 Å². The van der Waals surface area contributed by atoms with E-state index in [9.17, 15) is 0 Å². The minimum Gasteiger partial charge on any atom is -0.309 e. The van der Waals surface area contributed by atoms with E-state index in [4.69, 9.17) is 19.9 Å². The van der Waals surface area contributed by atoms with Crippen molar-refractivity contribution in [2.75, 3.05) is 0 Å². The van der Waals surface area contributed by atoms with E-state index < -0.39 is 0 Å². The quantitative estimate of drug-likeness (QED) is 0.193. The Kier molecular flexibility index (Phi) is 6.40. The fourth-order valence-electron chi connectivity index (χ4n) is 7.01. The molecular weight excluding hydrogens is 587 g/mol. The van der Waals surface area contributed by atoms with Crippen LogP contribution in [-0.4, -0.2) is 25.2 Å². The average molecular weight is 618 g/mol. The van der Waals surface area contributed by atoms with Crippen LogP contribution >= 0.6 is 0 Å². The molecule has 1 aliphatic heterocycles. The van der Waals surface area contributed by atoms with Gasteiger partial charge in [0.1, 0.15) is 0 Å². The second kappa shape index (κ2) is 11.0. The monoisotopic (exact) mass is 617 g/mol. The van der Waals surface area contributed by atoms with Gasteiger partial charge in [-0.2, -0.15) is 0 Å². The molecule has 8 aromatic rings. The average Bonchev–Trinajstić information content (AvgIpc) is 3.61. The van der Waals surface area contributed by atoms with Crippen molar-refractivity contribution in [1.82, 2.24) is 19.5 Å². The van der Waals surface area contributed by atoms with Gasteiger partial charge in [-0.15, -0.1) is 0 Å². The van der Waals surface area contributed by atoms with E-state index in [2.05, 4.69) is 109 Å². The molecule has 0 saturated heterocycles. The minimum absolute atomic E-state index is 0.249. The zero-order valence-corrected chi connectivity index (χ0v) is 26.7. The van der Waals surface area contributed by atoms with Gasteiger partial charge in [-0.05, 0) is 41.5 Å². The molecule has 0 atom stereocenters. The third-order valence-electron chi connectivity index (χ3n) is 9.40. The maximum Gasteiger partial charge on any atom is 0.164 e. The van der Waals surface area contributed by atoms with Crippen LogP contribution in [0.3, 0.4) is 0 Å². The Hall–Kier alpha value is -6.20. The molecule has 2 aromatic heterocycles. The first kappa shape index (κ1) is 28.1. The molecule has 1 aliphatic rings. The normalized spacial score (nSPS) is 13.5. The Morgan fingerprint density at radius 3 is 1.65 bits per heavy atom. The molecule has 5 nitrogen and oxygen atoms in total. The Morgan fingerprint density at radius 1 is 0.458 bits per heavy atom. The van der Waals surface area contributed by atoms with E-state index >= 15 is 0 Å². The minimum atomic E-state index is -0.249. The third kappa shape index (κ3) is 4.55. The number of para-hydroxylation sites is 1. The predicted octanol–water partition coefficient (Wildman–Crippen LogP) is 10.4. The molecule has 0 amide bonds. The maximum absolute atomic E-state index is 5.22. The van der Waals surface area contributed by atoms with Crippen molar-refractivity contribution in [2.24, 2.45) is 4.99 Å². The summed E-state index contributed by atoms with van der Waals surface area (Å²) in [6.45, 7) is 4.55. The number of benzene rings is 6. The van der Waals surface area contributed by atoms with Crippen LogP contribution in [0.4, 0.5) is 5.69 Å². The van der Waals surface area contributed by atoms with Crippen LogP contribution in [0.25, 0.3) is 61.7 Å². The van der Waals surface area contributed by atoms with Crippen LogP contribution in [0.15, 0.2) is 157 Å². The van der Waals surface area contributed by atoms with Gasteiger partial charge >= 0.3 is 0 Å². The van der Waals surface area contributed by atoms with Crippen LogP contribution in [0.2, 0.25) is 0 Å². The Morgan fingerprint density at radius 2 is 1.00 bits per heavy atom. The van der Waals surface area contributed by atoms with E-state index in [1.807, 2.05) is 60.7 Å². The lowest BCUT2D eigenvalue weighted by atomic mass is 9.79. The van der Waals surface area contributed by atoms with Crippen LogP contribution in [-0.2, 0) is 5.41 Å². The molecule has 0 spiro atoms. The molecule has 9 rings (SSSR count). The van der Waals surface area contributed by atoms with Crippen LogP contribution in [0.1, 0.15) is 25.0 Å². The fourth-order valence-corrected chi connectivity index (χ4v) is 7.01. The van der Waals surface area contributed by atoms with Crippen molar-refractivity contribution in [3.63, 3.8) is 0 Å². The first-order valence-electron chi connectivity index (χ1n) is 16.2. The highest BCUT2D eigenvalue weighted by Crippen LogP contribution is 2.46. The lowest BCUT2D eigenvalue weighted by molar-refractivity contribution is 0.738. The number of aliphatic imine (C=N–C) groups is 1. The fraction of sp³-hybridized carbons (Fsp3) is 0.0698. The summed E-state index contributed by atoms with van der Waals surface area (Å²) in [4.78, 5) is 20.1. The SMILES string of the molecule is CC1(C)C(c2ccccc2)=Nc2cc3c4ccccc4n(-c4cccc(-c5nc(-c6ccccc6)nc(-c6ccccc6)n5)c4)c3cc21. The molecule has 3 heterocycles. The summed E-state index contributed by atoms with van der Waals surface area (Å²) in [6, 6.07) is 52.5. The van der Waals surface area contributed by atoms with E-state index in [0.717, 1.165) is 50.4 Å². The van der Waals surface area contributed by atoms with Gasteiger partial charge in [0.15, 0.2) is 17.5 Å². The summed E-state index contributed by atoms with van der Waals surface area (Å²) in [5.74, 6) is 1.93. The van der Waals surface area contributed by atoms with Crippen molar-refractivity contribution in [2.45, 2.75) is 19.3 Å². The van der Waals surface area contributed by atoms with Crippen molar-refractivity contribution in [3.05, 3.63) is 163 Å². The lowest BCUT2D eigenvalue weighted by Gasteiger charge is -2.23. The van der Waals surface area contributed by atoms with E-state index in [0.29, 0.717) is 17.5 Å². The van der Waals surface area contributed by atoms with E-state index in [-0.39, 0.29) is 5.41 Å². The zero-order chi connectivity index (χ0) is 32.2. The molecule has 48 heavy (non-hydrogen) atoms. The molecular formula is C43H31N5. The molecule has 0 fully saturated rings. The highest BCUT2D eigenvalue weighted by atomic mass is 15.0. The molecule has 5 heteroatoms. The second-order valence-corrected chi connectivity index (χ2v) is 12.8. The van der Waals surface area contributed by atoms with Crippen LogP contribution < -0.4 is 0 Å². The van der Waals surface area contributed by atoms with Crippen molar-refractivity contribution in [1.29, 1.82) is 0 Å². The largest absolute Gasteiger partial charge is 0.309 e. The zero-order valence-electron chi connectivity index (χ0n) is 26.7. The Balaban J connectivity index is 1.23. The number of fused-ring (bicyclic) bond motifs is 4. The van der Waals surface area contributed by atoms with Gasteiger partial charge in [0.25, 0.3) is 0 Å². The summed E-state index contributed by atoms with van der Waals surface area (Å²) >= 11 is 0. The van der Waals surface area contributed by atoms with Crippen LogP contribution in [0, 0.1) is 0 Å². The standard InChI is InChI=1S/C43H31N5/c1-43(2)35-27-38-34(26-36(35)44-39(43)28-15-6-3-7-16-28)33-23-12-13-24-37(33)48(38)32-22-14-21-31(25-32)42-46-40(29-17-8-4-9-18-29)45-41(47-42)30-19-10-5-11-20-30/h3-27H,1-2H3. The topological polar surface area (TPSA) is 56.0 Å². The summed E-state index contributed by atoms with van der Waals surface area (Å²) < 4.78 is 2.36. The second-order valence-electron chi connectivity index (χ2n) is 12.8. The molecule has 0 unspecified atom stereocenters. The van der Waals surface area contributed by atoms with Gasteiger partial charge in [0.2, 0.25) is 0 Å². The van der Waals surface area contributed by atoms with Gasteiger partial charge < -0.3 is 4.57 Å². The van der Waals surface area contributed by atoms with Gasteiger partial charge in [-0.25, -0.2) is 15.0 Å². The van der Waals surface area contributed by atoms with Crippen LogP contribution in [0.5, 0.6) is 0 Å². The Bertz CT molecular complexity index is 2460. The van der Waals surface area contributed by atoms with Gasteiger partial charge in [0.05, 0.1) is 22.4 Å². The molecule has 0 radical (unpaired) electrons. The highest BCUT2D eigenvalue weighted by molar-refractivity contribution is 6.16. The molecule has 0 bridgehead atoms. The van der Waals surface area contributed by atoms with E-state index in [1.54, 1.807) is 0 Å². The molecule has 0 N–H and O–H groups in total. The van der Waals surface area contributed by atoms with Crippen molar-refractivity contribution in [3.8, 4) is 39.9 Å². The predicted molar refractivity (Wildman–Crippen MR) is 196 cm³/mol. The number of aromatic nitrogens is 4.